The van der Waals surface area contributed by atoms with E-state index in [0.717, 1.165) is 0 Å². The summed E-state index contributed by atoms with van der Waals surface area (Å²) in [6, 6.07) is 0. The third kappa shape index (κ3) is 0.894. The van der Waals surface area contributed by atoms with Crippen molar-refractivity contribution in [3.05, 3.63) is 12.2 Å². The third-order valence-electron chi connectivity index (χ3n) is 2.89. The van der Waals surface area contributed by atoms with Gasteiger partial charge in [-0.15, -0.1) is 0 Å². The highest BCUT2D eigenvalue weighted by Crippen LogP contribution is 2.44. The van der Waals surface area contributed by atoms with Crippen LogP contribution in [-0.4, -0.2) is 24.3 Å². The van der Waals surface area contributed by atoms with E-state index in [1.807, 2.05) is 12.2 Å². The van der Waals surface area contributed by atoms with Gasteiger partial charge in [0.25, 0.3) is 0 Å². The molecule has 1 saturated carbocycles. The van der Waals surface area contributed by atoms with Crippen molar-refractivity contribution in [2.24, 2.45) is 17.8 Å². The van der Waals surface area contributed by atoms with Crippen molar-refractivity contribution in [1.29, 1.82) is 0 Å². The van der Waals surface area contributed by atoms with Gasteiger partial charge >= 0.3 is 5.97 Å². The lowest BCUT2D eigenvalue weighted by Crippen LogP contribution is -2.23. The number of esters is 1. The number of hydrogen-bond donors (Lipinski definition) is 1. The standard InChI is InChI=1S/C9H12O3/c1-12-9(11)8-5-2-3-6(8)7(10)4-5/h2-3,5-8,10H,4H2,1H3/t5-,6+,7+,8?/m1/s1. The van der Waals surface area contributed by atoms with Crippen molar-refractivity contribution < 1.29 is 14.6 Å². The molecule has 3 nitrogen and oxygen atoms in total. The minimum Gasteiger partial charge on any atom is -0.469 e. The summed E-state index contributed by atoms with van der Waals surface area (Å²) in [4.78, 5) is 11.2. The maximum absolute atomic E-state index is 11.2. The van der Waals surface area contributed by atoms with E-state index < -0.39 is 0 Å². The van der Waals surface area contributed by atoms with Crippen LogP contribution in [0.15, 0.2) is 12.2 Å². The number of carbonyl (C=O) groups is 1. The molecule has 1 unspecified atom stereocenters. The van der Waals surface area contributed by atoms with Crippen LogP contribution in [-0.2, 0) is 9.53 Å². The molecular formula is C9H12O3. The lowest BCUT2D eigenvalue weighted by atomic mass is 9.96. The highest BCUT2D eigenvalue weighted by atomic mass is 16.5. The van der Waals surface area contributed by atoms with Crippen LogP contribution in [0.4, 0.5) is 0 Å². The Morgan fingerprint density at radius 1 is 1.58 bits per heavy atom. The molecule has 2 rings (SSSR count). The first-order chi connectivity index (χ1) is 5.74. The first kappa shape index (κ1) is 7.80. The number of aliphatic hydroxyl groups is 1. The summed E-state index contributed by atoms with van der Waals surface area (Å²) in [7, 11) is 1.40. The van der Waals surface area contributed by atoms with E-state index in [-0.39, 0.29) is 29.8 Å². The number of ether oxygens (including phenoxy) is 1. The van der Waals surface area contributed by atoms with Crippen LogP contribution in [0.3, 0.4) is 0 Å². The molecule has 2 aliphatic rings. The first-order valence-electron chi connectivity index (χ1n) is 4.18. The lowest BCUT2D eigenvalue weighted by molar-refractivity contribution is -0.147. The average molecular weight is 168 g/mol. The van der Waals surface area contributed by atoms with Crippen LogP contribution in [0.25, 0.3) is 0 Å². The molecule has 0 aromatic rings. The van der Waals surface area contributed by atoms with Gasteiger partial charge < -0.3 is 9.84 Å². The zero-order valence-corrected chi connectivity index (χ0v) is 6.93. The van der Waals surface area contributed by atoms with Crippen LogP contribution in [0.1, 0.15) is 6.42 Å². The summed E-state index contributed by atoms with van der Waals surface area (Å²) in [6.45, 7) is 0. The molecule has 66 valence electrons. The number of methoxy groups -OCH3 is 1. The normalized spacial score (nSPS) is 43.5. The number of fused-ring (bicyclic) bond motifs is 2. The fourth-order valence-electron chi connectivity index (χ4n) is 2.29. The van der Waals surface area contributed by atoms with Gasteiger partial charge in [-0.2, -0.15) is 0 Å². The Morgan fingerprint density at radius 2 is 2.33 bits per heavy atom. The van der Waals surface area contributed by atoms with Gasteiger partial charge in [0.05, 0.1) is 19.1 Å². The maximum atomic E-state index is 11.2. The molecule has 2 bridgehead atoms. The quantitative estimate of drug-likeness (QED) is 0.453. The molecule has 0 aliphatic heterocycles. The van der Waals surface area contributed by atoms with Gasteiger partial charge in [0, 0.05) is 5.92 Å². The van der Waals surface area contributed by atoms with Crippen LogP contribution >= 0.6 is 0 Å². The molecule has 1 fully saturated rings. The van der Waals surface area contributed by atoms with Gasteiger partial charge in [0.15, 0.2) is 0 Å². The van der Waals surface area contributed by atoms with Gasteiger partial charge in [0.2, 0.25) is 0 Å². The summed E-state index contributed by atoms with van der Waals surface area (Å²) < 4.78 is 4.67. The summed E-state index contributed by atoms with van der Waals surface area (Å²) in [5.74, 6) is -0.101. The Morgan fingerprint density at radius 3 is 2.75 bits per heavy atom. The number of carbonyl (C=O) groups excluding carboxylic acids is 1. The molecule has 4 atom stereocenters. The van der Waals surface area contributed by atoms with Gasteiger partial charge in [-0.3, -0.25) is 4.79 Å². The Hall–Kier alpha value is -0.830. The average Bonchev–Trinajstić information content (AvgIpc) is 2.59. The number of hydrogen-bond acceptors (Lipinski definition) is 3. The summed E-state index contributed by atoms with van der Waals surface area (Å²) in [6.07, 6.45) is 4.31. The minimum absolute atomic E-state index is 0.00227. The predicted octanol–water partition coefficient (Wildman–Crippen LogP) is 0.342. The second-order valence-electron chi connectivity index (χ2n) is 3.48. The maximum Gasteiger partial charge on any atom is 0.309 e. The molecule has 3 heteroatoms. The Labute approximate surface area is 71.0 Å². The smallest absolute Gasteiger partial charge is 0.309 e. The molecule has 0 amide bonds. The van der Waals surface area contributed by atoms with Crippen molar-refractivity contribution in [2.45, 2.75) is 12.5 Å². The van der Waals surface area contributed by atoms with Crippen molar-refractivity contribution in [2.75, 3.05) is 7.11 Å². The van der Waals surface area contributed by atoms with Gasteiger partial charge in [-0.1, -0.05) is 12.2 Å². The van der Waals surface area contributed by atoms with Crippen molar-refractivity contribution in [1.82, 2.24) is 0 Å². The molecule has 0 aromatic heterocycles. The summed E-state index contributed by atoms with van der Waals surface area (Å²) >= 11 is 0. The van der Waals surface area contributed by atoms with Crippen LogP contribution in [0.5, 0.6) is 0 Å². The predicted molar refractivity (Wildman–Crippen MR) is 42.2 cm³/mol. The van der Waals surface area contributed by atoms with Crippen molar-refractivity contribution in [3.63, 3.8) is 0 Å². The van der Waals surface area contributed by atoms with Crippen LogP contribution < -0.4 is 0 Å². The summed E-state index contributed by atoms with van der Waals surface area (Å²) in [5, 5.41) is 9.48. The highest BCUT2D eigenvalue weighted by Gasteiger charge is 2.48. The SMILES string of the molecule is COC(=O)C1[C@@H]2C=C[C@H]1[C@@H](O)C2. The topological polar surface area (TPSA) is 46.5 Å². The second-order valence-corrected chi connectivity index (χ2v) is 3.48. The van der Waals surface area contributed by atoms with E-state index >= 15 is 0 Å². The Bertz CT molecular complexity index is 234. The van der Waals surface area contributed by atoms with Gasteiger partial charge in [0.1, 0.15) is 0 Å². The largest absolute Gasteiger partial charge is 0.469 e. The van der Waals surface area contributed by atoms with Crippen LogP contribution in [0, 0.1) is 17.8 Å². The molecule has 0 spiro atoms. The fourth-order valence-corrected chi connectivity index (χ4v) is 2.29. The van der Waals surface area contributed by atoms with Gasteiger partial charge in [-0.25, -0.2) is 0 Å². The van der Waals surface area contributed by atoms with Gasteiger partial charge in [-0.05, 0) is 12.3 Å². The number of aliphatic hydroxyl groups excluding tert-OH is 1. The molecule has 12 heavy (non-hydrogen) atoms. The van der Waals surface area contributed by atoms with E-state index in [2.05, 4.69) is 4.74 Å². The molecule has 1 N–H and O–H groups in total. The third-order valence-corrected chi connectivity index (χ3v) is 2.89. The molecule has 2 aliphatic carbocycles. The summed E-state index contributed by atoms with van der Waals surface area (Å²) in [5.41, 5.74) is 0. The van der Waals surface area contributed by atoms with E-state index in [0.29, 0.717) is 6.42 Å². The molecule has 0 saturated heterocycles. The lowest BCUT2D eigenvalue weighted by Gasteiger charge is -2.13. The number of allylic oxidation sites excluding steroid dienone is 1. The number of rotatable bonds is 1. The molecular weight excluding hydrogens is 156 g/mol. The Balaban J connectivity index is 2.17. The molecule has 0 aromatic carbocycles. The zero-order chi connectivity index (χ0) is 8.72. The second kappa shape index (κ2) is 2.59. The van der Waals surface area contributed by atoms with E-state index in [9.17, 15) is 9.90 Å². The fraction of sp³-hybridized carbons (Fsp3) is 0.667. The van der Waals surface area contributed by atoms with E-state index in [4.69, 9.17) is 0 Å². The Kier molecular flexibility index (Phi) is 1.68. The highest BCUT2D eigenvalue weighted by molar-refractivity contribution is 5.75. The molecule has 0 heterocycles. The zero-order valence-electron chi connectivity index (χ0n) is 6.93. The monoisotopic (exact) mass is 168 g/mol. The van der Waals surface area contributed by atoms with E-state index in [1.54, 1.807) is 0 Å². The van der Waals surface area contributed by atoms with Crippen molar-refractivity contribution in [3.8, 4) is 0 Å². The first-order valence-corrected chi connectivity index (χ1v) is 4.18. The minimum atomic E-state index is -0.343. The molecule has 0 radical (unpaired) electrons. The van der Waals surface area contributed by atoms with Crippen molar-refractivity contribution >= 4 is 5.97 Å². The van der Waals surface area contributed by atoms with E-state index in [1.165, 1.54) is 7.11 Å². The van der Waals surface area contributed by atoms with Crippen LogP contribution in [0.2, 0.25) is 0 Å².